The molecule has 1 aromatic rings. The van der Waals surface area contributed by atoms with Gasteiger partial charge in [-0.3, -0.25) is 9.59 Å². The minimum Gasteiger partial charge on any atom is -0.481 e. The molecule has 0 radical (unpaired) electrons. The molecule has 0 aliphatic heterocycles. The first-order valence-electron chi connectivity index (χ1n) is 6.41. The van der Waals surface area contributed by atoms with Crippen molar-refractivity contribution in [3.05, 3.63) is 30.1 Å². The second-order valence-corrected chi connectivity index (χ2v) is 4.33. The van der Waals surface area contributed by atoms with E-state index in [9.17, 15) is 14.0 Å². The predicted molar refractivity (Wildman–Crippen MR) is 71.0 cm³/mol. The Hall–Kier alpha value is -2.11. The topological polar surface area (TPSA) is 75.6 Å². The average Bonchev–Trinajstić information content (AvgIpc) is 2.40. The fraction of sp³-hybridized carbons (Fsp3) is 0.429. The molecule has 0 saturated carbocycles. The molecule has 6 heteroatoms. The molecular formula is C14H18FNO4. The lowest BCUT2D eigenvalue weighted by Gasteiger charge is -2.15. The van der Waals surface area contributed by atoms with Crippen LogP contribution in [0.3, 0.4) is 0 Å². The Balaban J connectivity index is 2.29. The summed E-state index contributed by atoms with van der Waals surface area (Å²) < 4.78 is 18.6. The molecule has 1 rings (SSSR count). The van der Waals surface area contributed by atoms with Crippen molar-refractivity contribution in [2.75, 3.05) is 6.54 Å². The Morgan fingerprint density at radius 1 is 1.35 bits per heavy atom. The van der Waals surface area contributed by atoms with E-state index in [0.29, 0.717) is 19.4 Å². The number of carboxylic acids is 1. The third-order valence-electron chi connectivity index (χ3n) is 2.63. The molecule has 0 aliphatic carbocycles. The molecule has 0 aliphatic rings. The smallest absolute Gasteiger partial charge is 0.303 e. The Bertz CT molecular complexity index is 464. The molecule has 0 heterocycles. The predicted octanol–water partition coefficient (Wildman–Crippen LogP) is 1.96. The molecule has 1 amide bonds. The van der Waals surface area contributed by atoms with E-state index >= 15 is 0 Å². The number of rotatable bonds is 8. The summed E-state index contributed by atoms with van der Waals surface area (Å²) in [5.74, 6) is -1.70. The summed E-state index contributed by atoms with van der Waals surface area (Å²) in [6, 6.07) is 5.86. The molecule has 0 spiro atoms. The van der Waals surface area contributed by atoms with Crippen molar-refractivity contribution >= 4 is 11.9 Å². The lowest BCUT2D eigenvalue weighted by Crippen LogP contribution is -2.37. The fourth-order valence-corrected chi connectivity index (χ4v) is 1.54. The van der Waals surface area contributed by atoms with E-state index in [0.717, 1.165) is 0 Å². The van der Waals surface area contributed by atoms with Crippen molar-refractivity contribution in [1.82, 2.24) is 5.32 Å². The van der Waals surface area contributed by atoms with E-state index in [1.54, 1.807) is 6.07 Å². The van der Waals surface area contributed by atoms with Crippen molar-refractivity contribution < 1.29 is 23.8 Å². The highest BCUT2D eigenvalue weighted by molar-refractivity contribution is 5.80. The molecule has 110 valence electrons. The fourth-order valence-electron chi connectivity index (χ4n) is 1.54. The first kappa shape index (κ1) is 15.9. The Kier molecular flexibility index (Phi) is 6.49. The monoisotopic (exact) mass is 283 g/mol. The Morgan fingerprint density at radius 2 is 2.05 bits per heavy atom. The summed E-state index contributed by atoms with van der Waals surface area (Å²) >= 11 is 0. The van der Waals surface area contributed by atoms with Crippen LogP contribution in [0.2, 0.25) is 0 Å². The molecule has 20 heavy (non-hydrogen) atoms. The normalized spacial score (nSPS) is 11.7. The summed E-state index contributed by atoms with van der Waals surface area (Å²) in [6.07, 6.45) is 0.339. The highest BCUT2D eigenvalue weighted by Crippen LogP contribution is 2.16. The highest BCUT2D eigenvalue weighted by Gasteiger charge is 2.15. The number of benzene rings is 1. The summed E-state index contributed by atoms with van der Waals surface area (Å²) in [7, 11) is 0. The van der Waals surface area contributed by atoms with Gasteiger partial charge in [0.05, 0.1) is 0 Å². The van der Waals surface area contributed by atoms with Crippen molar-refractivity contribution in [2.45, 2.75) is 32.3 Å². The van der Waals surface area contributed by atoms with E-state index < -0.39 is 17.9 Å². The molecule has 1 atom stereocenters. The van der Waals surface area contributed by atoms with Crippen LogP contribution in [-0.2, 0) is 9.59 Å². The molecule has 1 aromatic carbocycles. The number of nitrogens with one attached hydrogen (secondary N) is 1. The minimum absolute atomic E-state index is 0.0287. The van der Waals surface area contributed by atoms with Crippen LogP contribution in [0.25, 0.3) is 0 Å². The second kappa shape index (κ2) is 8.14. The van der Waals surface area contributed by atoms with Gasteiger partial charge in [0, 0.05) is 13.0 Å². The molecule has 0 bridgehead atoms. The quantitative estimate of drug-likeness (QED) is 0.715. The number of hydrogen-bond acceptors (Lipinski definition) is 3. The van der Waals surface area contributed by atoms with Crippen LogP contribution >= 0.6 is 0 Å². The molecule has 5 nitrogen and oxygen atoms in total. The van der Waals surface area contributed by atoms with Gasteiger partial charge in [-0.05, 0) is 31.9 Å². The van der Waals surface area contributed by atoms with E-state index in [4.69, 9.17) is 9.84 Å². The van der Waals surface area contributed by atoms with E-state index in [1.165, 1.54) is 25.1 Å². The van der Waals surface area contributed by atoms with E-state index in [2.05, 4.69) is 5.32 Å². The number of para-hydroxylation sites is 1. The number of amides is 1. The van der Waals surface area contributed by atoms with Crippen LogP contribution in [0.15, 0.2) is 24.3 Å². The van der Waals surface area contributed by atoms with Crippen molar-refractivity contribution in [3.63, 3.8) is 0 Å². The summed E-state index contributed by atoms with van der Waals surface area (Å²) in [5, 5.41) is 11.1. The van der Waals surface area contributed by atoms with Crippen LogP contribution in [0.1, 0.15) is 26.2 Å². The molecule has 2 N–H and O–H groups in total. The Morgan fingerprint density at radius 3 is 2.70 bits per heavy atom. The molecule has 0 saturated heterocycles. The van der Waals surface area contributed by atoms with Crippen molar-refractivity contribution in [2.24, 2.45) is 0 Å². The van der Waals surface area contributed by atoms with E-state index in [-0.39, 0.29) is 18.1 Å². The van der Waals surface area contributed by atoms with Gasteiger partial charge in [0.15, 0.2) is 17.7 Å². The molecule has 0 fully saturated rings. The number of unbranched alkanes of at least 4 members (excludes halogenated alkanes) is 1. The summed E-state index contributed by atoms with van der Waals surface area (Å²) in [5.41, 5.74) is 0. The third-order valence-corrected chi connectivity index (χ3v) is 2.63. The molecular weight excluding hydrogens is 265 g/mol. The number of halogens is 1. The number of carbonyl (C=O) groups is 2. The zero-order valence-corrected chi connectivity index (χ0v) is 11.3. The first-order valence-corrected chi connectivity index (χ1v) is 6.41. The van der Waals surface area contributed by atoms with Gasteiger partial charge in [0.2, 0.25) is 0 Å². The zero-order chi connectivity index (χ0) is 15.0. The van der Waals surface area contributed by atoms with Gasteiger partial charge in [-0.25, -0.2) is 4.39 Å². The second-order valence-electron chi connectivity index (χ2n) is 4.33. The number of hydrogen-bond donors (Lipinski definition) is 2. The molecule has 0 aromatic heterocycles. The first-order chi connectivity index (χ1) is 9.50. The summed E-state index contributed by atoms with van der Waals surface area (Å²) in [6.45, 7) is 1.90. The zero-order valence-electron chi connectivity index (χ0n) is 11.3. The number of carboxylic acid groups (broad SMARTS) is 1. The average molecular weight is 283 g/mol. The standard InChI is InChI=1S/C14H18FNO4/c1-10(20-12-7-3-2-6-11(12)15)14(19)16-9-5-4-8-13(17)18/h2-3,6-7,10H,4-5,8-9H2,1H3,(H,16,19)(H,17,18). The van der Waals surface area contributed by atoms with Crippen LogP contribution in [0, 0.1) is 5.82 Å². The lowest BCUT2D eigenvalue weighted by atomic mass is 10.2. The van der Waals surface area contributed by atoms with Gasteiger partial charge < -0.3 is 15.2 Å². The van der Waals surface area contributed by atoms with Crippen LogP contribution in [0.4, 0.5) is 4.39 Å². The van der Waals surface area contributed by atoms with Gasteiger partial charge in [-0.15, -0.1) is 0 Å². The third kappa shape index (κ3) is 5.69. The lowest BCUT2D eigenvalue weighted by molar-refractivity contribution is -0.137. The van der Waals surface area contributed by atoms with Gasteiger partial charge in [-0.2, -0.15) is 0 Å². The largest absolute Gasteiger partial charge is 0.481 e. The van der Waals surface area contributed by atoms with Gasteiger partial charge >= 0.3 is 5.97 Å². The van der Waals surface area contributed by atoms with Crippen LogP contribution in [-0.4, -0.2) is 29.6 Å². The van der Waals surface area contributed by atoms with Crippen molar-refractivity contribution in [3.8, 4) is 5.75 Å². The van der Waals surface area contributed by atoms with Crippen LogP contribution < -0.4 is 10.1 Å². The highest BCUT2D eigenvalue weighted by atomic mass is 19.1. The Labute approximate surface area is 116 Å². The molecule has 1 unspecified atom stereocenters. The maximum atomic E-state index is 13.3. The van der Waals surface area contributed by atoms with Crippen LogP contribution in [0.5, 0.6) is 5.75 Å². The SMILES string of the molecule is CC(Oc1ccccc1F)C(=O)NCCCCC(=O)O. The van der Waals surface area contributed by atoms with E-state index in [1.807, 2.05) is 0 Å². The van der Waals surface area contributed by atoms with Gasteiger partial charge in [-0.1, -0.05) is 12.1 Å². The van der Waals surface area contributed by atoms with Gasteiger partial charge in [0.25, 0.3) is 5.91 Å². The number of carbonyl (C=O) groups excluding carboxylic acids is 1. The number of ether oxygens (including phenoxy) is 1. The minimum atomic E-state index is -0.854. The van der Waals surface area contributed by atoms with Crippen molar-refractivity contribution in [1.29, 1.82) is 0 Å². The van der Waals surface area contributed by atoms with Gasteiger partial charge in [0.1, 0.15) is 0 Å². The maximum Gasteiger partial charge on any atom is 0.303 e. The number of aliphatic carboxylic acids is 1. The maximum absolute atomic E-state index is 13.3. The summed E-state index contributed by atoms with van der Waals surface area (Å²) in [4.78, 5) is 22.0.